The van der Waals surface area contributed by atoms with Crippen LogP contribution in [0.1, 0.15) is 33.1 Å². The Kier molecular flexibility index (Phi) is 5.41. The molecule has 1 aliphatic heterocycles. The van der Waals surface area contributed by atoms with E-state index in [1.165, 1.54) is 0 Å². The van der Waals surface area contributed by atoms with Crippen LogP contribution in [0.3, 0.4) is 0 Å². The number of amides is 2. The number of carbonyl (C=O) groups is 2. The van der Waals surface area contributed by atoms with E-state index in [2.05, 4.69) is 12.2 Å². The molecule has 0 bridgehead atoms. The van der Waals surface area contributed by atoms with Crippen molar-refractivity contribution in [3.05, 3.63) is 0 Å². The number of hydrogen-bond acceptors (Lipinski definition) is 3. The van der Waals surface area contributed by atoms with E-state index in [1.54, 1.807) is 4.90 Å². The van der Waals surface area contributed by atoms with Crippen LogP contribution in [0.15, 0.2) is 0 Å². The average molecular weight is 242 g/mol. The van der Waals surface area contributed by atoms with Gasteiger partial charge in [-0.05, 0) is 25.2 Å². The highest BCUT2D eigenvalue weighted by molar-refractivity contribution is 6.35. The van der Waals surface area contributed by atoms with Crippen LogP contribution in [0.25, 0.3) is 0 Å². The quantitative estimate of drug-likeness (QED) is 0.691. The molecule has 0 spiro atoms. The van der Waals surface area contributed by atoms with Gasteiger partial charge in [0, 0.05) is 13.1 Å². The molecule has 0 aliphatic carbocycles. The van der Waals surface area contributed by atoms with Gasteiger partial charge in [-0.3, -0.25) is 9.59 Å². The number of nitrogens with one attached hydrogen (secondary N) is 1. The van der Waals surface area contributed by atoms with Crippen LogP contribution in [-0.4, -0.2) is 47.6 Å². The van der Waals surface area contributed by atoms with Gasteiger partial charge in [0.25, 0.3) is 0 Å². The first-order chi connectivity index (χ1) is 8.08. The van der Waals surface area contributed by atoms with E-state index in [1.807, 2.05) is 6.92 Å². The minimum absolute atomic E-state index is 0.132. The first-order valence-electron chi connectivity index (χ1n) is 6.29. The SMILES string of the molecule is CCC(CO)NC(=O)C(=O)N1CCC(C)CC1. The Labute approximate surface area is 102 Å². The van der Waals surface area contributed by atoms with E-state index >= 15 is 0 Å². The molecular formula is C12H22N2O3. The summed E-state index contributed by atoms with van der Waals surface area (Å²) in [5.41, 5.74) is 0. The molecule has 0 radical (unpaired) electrons. The maximum atomic E-state index is 11.8. The Morgan fingerprint density at radius 3 is 2.47 bits per heavy atom. The van der Waals surface area contributed by atoms with Crippen molar-refractivity contribution in [2.45, 2.75) is 39.2 Å². The molecule has 1 fully saturated rings. The third-order valence-corrected chi connectivity index (χ3v) is 3.31. The molecule has 5 nitrogen and oxygen atoms in total. The normalized spacial score (nSPS) is 18.9. The summed E-state index contributed by atoms with van der Waals surface area (Å²) in [5, 5.41) is 11.5. The predicted molar refractivity (Wildman–Crippen MR) is 64.3 cm³/mol. The number of carbonyl (C=O) groups excluding carboxylic acids is 2. The van der Waals surface area contributed by atoms with Crippen LogP contribution in [-0.2, 0) is 9.59 Å². The molecule has 17 heavy (non-hydrogen) atoms. The molecule has 1 saturated heterocycles. The molecule has 0 aromatic heterocycles. The third kappa shape index (κ3) is 4.00. The summed E-state index contributed by atoms with van der Waals surface area (Å²) in [6.45, 7) is 5.19. The fourth-order valence-corrected chi connectivity index (χ4v) is 1.88. The highest BCUT2D eigenvalue weighted by Crippen LogP contribution is 2.15. The fourth-order valence-electron chi connectivity index (χ4n) is 1.88. The van der Waals surface area contributed by atoms with Gasteiger partial charge in [-0.15, -0.1) is 0 Å². The molecule has 0 aromatic carbocycles. The number of piperidine rings is 1. The van der Waals surface area contributed by atoms with E-state index in [-0.39, 0.29) is 12.6 Å². The number of nitrogens with zero attached hydrogens (tertiary/aromatic N) is 1. The first-order valence-corrected chi connectivity index (χ1v) is 6.29. The standard InChI is InChI=1S/C12H22N2O3/c1-3-10(8-15)13-11(16)12(17)14-6-4-9(2)5-7-14/h9-10,15H,3-8H2,1-2H3,(H,13,16). The lowest BCUT2D eigenvalue weighted by molar-refractivity contribution is -0.147. The van der Waals surface area contributed by atoms with Crippen LogP contribution in [0, 0.1) is 5.92 Å². The summed E-state index contributed by atoms with van der Waals surface area (Å²) >= 11 is 0. The van der Waals surface area contributed by atoms with Gasteiger partial charge < -0.3 is 15.3 Å². The first kappa shape index (κ1) is 14.0. The third-order valence-electron chi connectivity index (χ3n) is 3.31. The number of aliphatic hydroxyl groups excluding tert-OH is 1. The molecule has 2 amide bonds. The second kappa shape index (κ2) is 6.59. The van der Waals surface area contributed by atoms with Gasteiger partial charge in [0.2, 0.25) is 0 Å². The Balaban J connectivity index is 2.43. The molecule has 5 heteroatoms. The highest BCUT2D eigenvalue weighted by Gasteiger charge is 2.26. The maximum Gasteiger partial charge on any atom is 0.311 e. The molecule has 2 N–H and O–H groups in total. The Morgan fingerprint density at radius 1 is 1.41 bits per heavy atom. The number of hydrogen-bond donors (Lipinski definition) is 2. The lowest BCUT2D eigenvalue weighted by Gasteiger charge is -2.30. The largest absolute Gasteiger partial charge is 0.394 e. The molecule has 1 atom stereocenters. The van der Waals surface area contributed by atoms with E-state index in [0.29, 0.717) is 25.4 Å². The van der Waals surface area contributed by atoms with Crippen molar-refractivity contribution in [2.24, 2.45) is 5.92 Å². The minimum atomic E-state index is -0.597. The van der Waals surface area contributed by atoms with Crippen molar-refractivity contribution in [2.75, 3.05) is 19.7 Å². The Bertz CT molecular complexity index is 269. The van der Waals surface area contributed by atoms with Crippen LogP contribution in [0.5, 0.6) is 0 Å². The zero-order valence-corrected chi connectivity index (χ0v) is 10.6. The predicted octanol–water partition coefficient (Wildman–Crippen LogP) is 0.132. The van der Waals surface area contributed by atoms with Crippen molar-refractivity contribution in [3.63, 3.8) is 0 Å². The van der Waals surface area contributed by atoms with Crippen LogP contribution in [0.2, 0.25) is 0 Å². The summed E-state index contributed by atoms with van der Waals surface area (Å²) < 4.78 is 0. The minimum Gasteiger partial charge on any atom is -0.394 e. The molecule has 1 rings (SSSR count). The number of rotatable bonds is 3. The van der Waals surface area contributed by atoms with E-state index < -0.39 is 11.8 Å². The molecule has 0 saturated carbocycles. The number of aliphatic hydroxyl groups is 1. The molecule has 0 aromatic rings. The summed E-state index contributed by atoms with van der Waals surface area (Å²) in [4.78, 5) is 25.0. The number of likely N-dealkylation sites (tertiary alicyclic amines) is 1. The van der Waals surface area contributed by atoms with Gasteiger partial charge in [0.15, 0.2) is 0 Å². The molecule has 98 valence electrons. The summed E-state index contributed by atoms with van der Waals surface area (Å²) in [6, 6.07) is -0.324. The van der Waals surface area contributed by atoms with Crippen molar-refractivity contribution < 1.29 is 14.7 Å². The van der Waals surface area contributed by atoms with Crippen LogP contribution < -0.4 is 5.32 Å². The average Bonchev–Trinajstić information content (AvgIpc) is 2.35. The highest BCUT2D eigenvalue weighted by atomic mass is 16.3. The second-order valence-corrected chi connectivity index (χ2v) is 4.74. The summed E-state index contributed by atoms with van der Waals surface area (Å²) in [5.74, 6) is -0.438. The van der Waals surface area contributed by atoms with Gasteiger partial charge in [-0.1, -0.05) is 13.8 Å². The zero-order chi connectivity index (χ0) is 12.8. The van der Waals surface area contributed by atoms with Crippen molar-refractivity contribution in [1.29, 1.82) is 0 Å². The van der Waals surface area contributed by atoms with Crippen LogP contribution in [0.4, 0.5) is 0 Å². The van der Waals surface area contributed by atoms with E-state index in [4.69, 9.17) is 5.11 Å². The van der Waals surface area contributed by atoms with Crippen molar-refractivity contribution >= 4 is 11.8 Å². The lowest BCUT2D eigenvalue weighted by Crippen LogP contribution is -2.49. The van der Waals surface area contributed by atoms with E-state index in [9.17, 15) is 9.59 Å². The van der Waals surface area contributed by atoms with Gasteiger partial charge in [0.1, 0.15) is 0 Å². The smallest absolute Gasteiger partial charge is 0.311 e. The second-order valence-electron chi connectivity index (χ2n) is 4.74. The zero-order valence-electron chi connectivity index (χ0n) is 10.6. The Morgan fingerprint density at radius 2 is 2.00 bits per heavy atom. The van der Waals surface area contributed by atoms with Crippen molar-refractivity contribution in [3.8, 4) is 0 Å². The maximum absolute atomic E-state index is 11.8. The lowest BCUT2D eigenvalue weighted by atomic mass is 9.99. The van der Waals surface area contributed by atoms with Gasteiger partial charge in [0.05, 0.1) is 12.6 Å². The van der Waals surface area contributed by atoms with Gasteiger partial charge in [-0.2, -0.15) is 0 Å². The molecule has 1 aliphatic rings. The van der Waals surface area contributed by atoms with Crippen molar-refractivity contribution in [1.82, 2.24) is 10.2 Å². The van der Waals surface area contributed by atoms with Crippen LogP contribution >= 0.6 is 0 Å². The summed E-state index contributed by atoms with van der Waals surface area (Å²) in [6.07, 6.45) is 2.53. The van der Waals surface area contributed by atoms with E-state index in [0.717, 1.165) is 12.8 Å². The Hall–Kier alpha value is -1.10. The molecule has 1 heterocycles. The topological polar surface area (TPSA) is 69.6 Å². The van der Waals surface area contributed by atoms with Gasteiger partial charge in [-0.25, -0.2) is 0 Å². The fraction of sp³-hybridized carbons (Fsp3) is 0.833. The summed E-state index contributed by atoms with van der Waals surface area (Å²) in [7, 11) is 0. The molecule has 1 unspecified atom stereocenters. The monoisotopic (exact) mass is 242 g/mol. The van der Waals surface area contributed by atoms with Gasteiger partial charge >= 0.3 is 11.8 Å². The molecular weight excluding hydrogens is 220 g/mol.